The van der Waals surface area contributed by atoms with Gasteiger partial charge in [-0.1, -0.05) is 18.2 Å². The van der Waals surface area contributed by atoms with Gasteiger partial charge in [-0.2, -0.15) is 0 Å². The van der Waals surface area contributed by atoms with Crippen LogP contribution in [-0.2, 0) is 23.1 Å². The molecule has 0 saturated carbocycles. The Bertz CT molecular complexity index is 1100. The molecule has 3 heterocycles. The van der Waals surface area contributed by atoms with E-state index in [9.17, 15) is 24.5 Å². The topological polar surface area (TPSA) is 195 Å². The normalized spacial score (nSPS) is 27.8. The van der Waals surface area contributed by atoms with Gasteiger partial charge in [0.15, 0.2) is 17.7 Å². The highest BCUT2D eigenvalue weighted by atomic mass is 31.2. The Morgan fingerprint density at radius 2 is 2.13 bits per heavy atom. The van der Waals surface area contributed by atoms with Crippen molar-refractivity contribution >= 4 is 30.8 Å². The van der Waals surface area contributed by atoms with E-state index in [2.05, 4.69) is 19.5 Å². The van der Waals surface area contributed by atoms with E-state index < -0.39 is 44.9 Å². The summed E-state index contributed by atoms with van der Waals surface area (Å²) >= 11 is 0. The van der Waals surface area contributed by atoms with Crippen molar-refractivity contribution in [2.75, 3.05) is 12.3 Å². The molecule has 2 aliphatic rings. The van der Waals surface area contributed by atoms with Crippen LogP contribution in [0.1, 0.15) is 19.1 Å². The average molecular weight is 452 g/mol. The molecule has 4 rings (SSSR count). The third-order valence-electron chi connectivity index (χ3n) is 4.86. The molecule has 1 fully saturated rings. The number of carbonyl (C=O) groups excluding carboxylic acids is 1. The molecule has 2 aromatic rings. The van der Waals surface area contributed by atoms with Crippen LogP contribution in [0.15, 0.2) is 36.5 Å². The van der Waals surface area contributed by atoms with Crippen molar-refractivity contribution in [1.82, 2.24) is 19.5 Å². The molecule has 1 unspecified atom stereocenters. The van der Waals surface area contributed by atoms with Gasteiger partial charge in [-0.15, -0.1) is 0 Å². The number of aromatic nitrogens is 4. The summed E-state index contributed by atoms with van der Waals surface area (Å²) in [5.74, 6) is -0.912. The lowest BCUT2D eigenvalue weighted by atomic mass is 10.1. The molecule has 5 atom stereocenters. The lowest BCUT2D eigenvalue weighted by Gasteiger charge is -2.25. The summed E-state index contributed by atoms with van der Waals surface area (Å²) in [5.41, 5.74) is 6.46. The Morgan fingerprint density at radius 1 is 1.32 bits per heavy atom. The first kappa shape index (κ1) is 21.6. The summed E-state index contributed by atoms with van der Waals surface area (Å²) < 4.78 is 28.1. The number of phosphoric acid groups is 1. The van der Waals surface area contributed by atoms with Crippen molar-refractivity contribution in [3.05, 3.63) is 36.5 Å². The number of fused-ring (bicyclic) bond motifs is 1. The van der Waals surface area contributed by atoms with E-state index in [1.54, 1.807) is 12.2 Å². The van der Waals surface area contributed by atoms with Crippen molar-refractivity contribution in [2.45, 2.75) is 37.4 Å². The summed E-state index contributed by atoms with van der Waals surface area (Å²) in [7, 11) is -5.03. The van der Waals surface area contributed by atoms with Crippen LogP contribution in [0.3, 0.4) is 0 Å². The first-order chi connectivity index (χ1) is 14.8. The zero-order valence-corrected chi connectivity index (χ0v) is 16.9. The number of phosphoric ester groups is 1. The highest BCUT2D eigenvalue weighted by Crippen LogP contribution is 2.41. The van der Waals surface area contributed by atoms with Crippen molar-refractivity contribution in [3.8, 4) is 0 Å². The fourth-order valence-corrected chi connectivity index (χ4v) is 3.97. The van der Waals surface area contributed by atoms with E-state index >= 15 is 0 Å². The second-order valence-electron chi connectivity index (χ2n) is 6.89. The lowest BCUT2D eigenvalue weighted by Crippen LogP contribution is -2.34. The van der Waals surface area contributed by atoms with Crippen LogP contribution in [0, 0.1) is 0 Å². The summed E-state index contributed by atoms with van der Waals surface area (Å²) in [6.07, 6.45) is 3.02. The summed E-state index contributed by atoms with van der Waals surface area (Å²) in [6, 6.07) is 0. The van der Waals surface area contributed by atoms with E-state index in [0.717, 1.165) is 0 Å². The monoisotopic (exact) mass is 452 g/mol. The maximum Gasteiger partial charge on any atom is 0.339 e. The van der Waals surface area contributed by atoms with E-state index in [1.165, 1.54) is 17.2 Å². The molecule has 0 aromatic carbocycles. The van der Waals surface area contributed by atoms with Gasteiger partial charge in [-0.25, -0.2) is 19.7 Å². The predicted octanol–water partition coefficient (Wildman–Crippen LogP) is -0.668. The molecule has 31 heavy (non-hydrogen) atoms. The Balaban J connectivity index is 1.41. The minimum absolute atomic E-state index is 0.120. The number of ether oxygens (including phenoxy) is 1. The first-order valence-electron chi connectivity index (χ1n) is 9.25. The van der Waals surface area contributed by atoms with Crippen LogP contribution in [0.5, 0.6) is 0 Å². The molecule has 1 saturated heterocycles. The Labute approximate surface area is 175 Å². The van der Waals surface area contributed by atoms with E-state index in [-0.39, 0.29) is 29.0 Å². The Hall–Kier alpha value is -2.67. The number of aliphatic hydroxyl groups is 2. The summed E-state index contributed by atoms with van der Waals surface area (Å²) in [4.78, 5) is 35.9. The number of carbonyl (C=O) groups is 1. The zero-order chi connectivity index (χ0) is 22.2. The Kier molecular flexibility index (Phi) is 5.88. The number of anilines is 1. The minimum atomic E-state index is -5.03. The van der Waals surface area contributed by atoms with Gasteiger partial charge in [-0.3, -0.25) is 9.13 Å². The molecule has 13 nitrogen and oxygen atoms in total. The van der Waals surface area contributed by atoms with E-state index in [0.29, 0.717) is 6.42 Å². The molecule has 0 radical (unpaired) electrons. The lowest BCUT2D eigenvalue weighted by molar-refractivity contribution is -0.226. The second kappa shape index (κ2) is 8.46. The third kappa shape index (κ3) is 4.37. The highest BCUT2D eigenvalue weighted by molar-refractivity contribution is 7.46. The Morgan fingerprint density at radius 3 is 2.87 bits per heavy atom. The molecule has 1 aliphatic carbocycles. The maximum atomic E-state index is 12.0. The predicted molar refractivity (Wildman–Crippen MR) is 102 cm³/mol. The fourth-order valence-electron chi connectivity index (χ4n) is 3.27. The zero-order valence-electron chi connectivity index (χ0n) is 16.0. The summed E-state index contributed by atoms with van der Waals surface area (Å²) in [6.45, 7) is -0.689. The molecule has 166 valence electrons. The average Bonchev–Trinajstić information content (AvgIpc) is 3.29. The van der Waals surface area contributed by atoms with Gasteiger partial charge < -0.3 is 34.6 Å². The smallest absolute Gasteiger partial charge is 0.339 e. The largest absolute Gasteiger partial charge is 0.746 e. The molecular formula is C17H19N5O8P-. The standard InChI is InChI=1S/C17H20N5O8P/c18-14-11-15(20-7-19-14)22(8-21-11)16-13(24)12(23)10(29-16)6-28-31(26,27)30-17(25)9-4-2-1-3-5-9/h1-2,5,7-8,10,12-13,16,23-24H,3-4,6H2,(H,26,27)(H2,18,19,20)/p-1/t10-,12-,13-,16-/m1/s1. The molecule has 2 aromatic heterocycles. The van der Waals surface area contributed by atoms with Crippen LogP contribution in [0.25, 0.3) is 11.2 Å². The number of hydrogen-bond donors (Lipinski definition) is 3. The van der Waals surface area contributed by atoms with Gasteiger partial charge in [0, 0.05) is 5.57 Å². The quantitative estimate of drug-likeness (QED) is 0.370. The maximum absolute atomic E-state index is 12.0. The van der Waals surface area contributed by atoms with Gasteiger partial charge in [-0.05, 0) is 12.8 Å². The number of hydrogen-bond acceptors (Lipinski definition) is 12. The van der Waals surface area contributed by atoms with Gasteiger partial charge in [0.2, 0.25) is 0 Å². The van der Waals surface area contributed by atoms with Crippen LogP contribution >= 0.6 is 7.82 Å². The summed E-state index contributed by atoms with van der Waals surface area (Å²) in [5, 5.41) is 20.6. The van der Waals surface area contributed by atoms with Gasteiger partial charge >= 0.3 is 13.8 Å². The third-order valence-corrected chi connectivity index (χ3v) is 5.71. The molecular weight excluding hydrogens is 433 g/mol. The number of aliphatic hydroxyl groups excluding tert-OH is 2. The number of rotatable bonds is 6. The van der Waals surface area contributed by atoms with Crippen LogP contribution in [0.2, 0.25) is 0 Å². The molecule has 4 N–H and O–H groups in total. The second-order valence-corrected chi connectivity index (χ2v) is 8.23. The molecule has 14 heteroatoms. The fraction of sp³-hybridized carbons (Fsp3) is 0.412. The number of imidazole rings is 1. The molecule has 0 spiro atoms. The van der Waals surface area contributed by atoms with Gasteiger partial charge in [0.1, 0.15) is 30.2 Å². The number of allylic oxidation sites excluding steroid dienone is 3. The van der Waals surface area contributed by atoms with E-state index in [4.69, 9.17) is 15.0 Å². The van der Waals surface area contributed by atoms with Crippen molar-refractivity contribution in [2.24, 2.45) is 0 Å². The number of nitrogen functional groups attached to an aromatic ring is 1. The van der Waals surface area contributed by atoms with Crippen LogP contribution in [-0.4, -0.2) is 60.6 Å². The van der Waals surface area contributed by atoms with Crippen LogP contribution < -0.4 is 10.6 Å². The molecule has 0 bridgehead atoms. The number of nitrogens with zero attached hydrogens (tertiary/aromatic N) is 4. The number of nitrogens with two attached hydrogens (primary N) is 1. The van der Waals surface area contributed by atoms with Gasteiger partial charge in [0.25, 0.3) is 0 Å². The first-order valence-corrected chi connectivity index (χ1v) is 10.7. The SMILES string of the molecule is Nc1ncnc2c1ncn2[C@@H]1O[C@H](COP(=O)([O-])OC(=O)C2=CCC=CC2)[C@@H](O)[C@H]1O. The van der Waals surface area contributed by atoms with Crippen molar-refractivity contribution in [3.63, 3.8) is 0 Å². The van der Waals surface area contributed by atoms with Crippen LogP contribution in [0.4, 0.5) is 5.82 Å². The van der Waals surface area contributed by atoms with Gasteiger partial charge in [0.05, 0.1) is 12.9 Å². The van der Waals surface area contributed by atoms with E-state index in [1.807, 2.05) is 6.08 Å². The molecule has 0 amide bonds. The van der Waals surface area contributed by atoms with Crippen molar-refractivity contribution < 1.29 is 38.3 Å². The molecule has 1 aliphatic heterocycles. The minimum Gasteiger partial charge on any atom is -0.746 e. The van der Waals surface area contributed by atoms with Crippen molar-refractivity contribution in [1.29, 1.82) is 0 Å². The highest BCUT2D eigenvalue weighted by Gasteiger charge is 2.45.